The molecule has 0 saturated heterocycles. The topological polar surface area (TPSA) is 51.0 Å². The molecule has 1 fully saturated rings. The normalized spacial score (nSPS) is 18.1. The summed E-state index contributed by atoms with van der Waals surface area (Å²) in [6.07, 6.45) is 4.25. The van der Waals surface area contributed by atoms with E-state index in [-0.39, 0.29) is 0 Å². The van der Waals surface area contributed by atoms with Crippen molar-refractivity contribution < 1.29 is 4.42 Å². The van der Waals surface area contributed by atoms with Gasteiger partial charge in [0, 0.05) is 24.6 Å². The third kappa shape index (κ3) is 1.49. The van der Waals surface area contributed by atoms with Crippen LogP contribution in [0.2, 0.25) is 0 Å². The van der Waals surface area contributed by atoms with Crippen molar-refractivity contribution in [2.24, 2.45) is 0 Å². The number of aromatic nitrogens is 2. The second-order valence-electron chi connectivity index (χ2n) is 5.13. The standard InChI is InChI=1S/C14H15N3O/c1-8-10(4-5-18-8)14-16-12-7-15-6-11(12)13(17-14)9-2-3-9/h4-5,9,15H,2-3,6-7H2,1H3. The van der Waals surface area contributed by atoms with Gasteiger partial charge < -0.3 is 9.73 Å². The highest BCUT2D eigenvalue weighted by Crippen LogP contribution is 2.42. The molecule has 1 aliphatic heterocycles. The van der Waals surface area contributed by atoms with E-state index in [1.807, 2.05) is 13.0 Å². The molecule has 2 aliphatic rings. The summed E-state index contributed by atoms with van der Waals surface area (Å²) in [7, 11) is 0. The maximum absolute atomic E-state index is 5.36. The van der Waals surface area contributed by atoms with Crippen LogP contribution in [0.4, 0.5) is 0 Å². The van der Waals surface area contributed by atoms with Crippen molar-refractivity contribution >= 4 is 0 Å². The lowest BCUT2D eigenvalue weighted by atomic mass is 10.1. The fraction of sp³-hybridized carbons (Fsp3) is 0.429. The van der Waals surface area contributed by atoms with Crippen molar-refractivity contribution in [2.45, 2.75) is 38.8 Å². The fourth-order valence-corrected chi connectivity index (χ4v) is 2.63. The van der Waals surface area contributed by atoms with Crippen molar-refractivity contribution in [3.05, 3.63) is 35.0 Å². The molecular formula is C14H15N3O. The Morgan fingerprint density at radius 2 is 2.17 bits per heavy atom. The van der Waals surface area contributed by atoms with Crippen LogP contribution in [0, 0.1) is 6.92 Å². The Morgan fingerprint density at radius 3 is 2.89 bits per heavy atom. The Kier molecular flexibility index (Phi) is 2.08. The summed E-state index contributed by atoms with van der Waals surface area (Å²) in [5, 5.41) is 3.37. The third-order valence-corrected chi connectivity index (χ3v) is 3.78. The predicted octanol–water partition coefficient (Wildman–Crippen LogP) is 2.53. The van der Waals surface area contributed by atoms with Crippen LogP contribution in [0.25, 0.3) is 11.4 Å². The van der Waals surface area contributed by atoms with Gasteiger partial charge >= 0.3 is 0 Å². The molecule has 18 heavy (non-hydrogen) atoms. The van der Waals surface area contributed by atoms with Gasteiger partial charge in [0.15, 0.2) is 5.82 Å². The molecule has 92 valence electrons. The zero-order chi connectivity index (χ0) is 12.1. The highest BCUT2D eigenvalue weighted by molar-refractivity contribution is 5.58. The molecule has 4 nitrogen and oxygen atoms in total. The number of hydrogen-bond acceptors (Lipinski definition) is 4. The van der Waals surface area contributed by atoms with E-state index in [9.17, 15) is 0 Å². The summed E-state index contributed by atoms with van der Waals surface area (Å²) >= 11 is 0. The Morgan fingerprint density at radius 1 is 1.28 bits per heavy atom. The Hall–Kier alpha value is -1.68. The van der Waals surface area contributed by atoms with E-state index < -0.39 is 0 Å². The molecule has 4 rings (SSSR count). The second kappa shape index (κ2) is 3.65. The Labute approximate surface area is 105 Å². The van der Waals surface area contributed by atoms with Crippen LogP contribution in [0.3, 0.4) is 0 Å². The highest BCUT2D eigenvalue weighted by atomic mass is 16.3. The van der Waals surface area contributed by atoms with Crippen LogP contribution in [0.15, 0.2) is 16.7 Å². The lowest BCUT2D eigenvalue weighted by Crippen LogP contribution is -2.02. The fourth-order valence-electron chi connectivity index (χ4n) is 2.63. The van der Waals surface area contributed by atoms with E-state index in [1.165, 1.54) is 29.8 Å². The number of nitrogens with zero attached hydrogens (tertiary/aromatic N) is 2. The molecule has 0 atom stereocenters. The van der Waals surface area contributed by atoms with Crippen molar-refractivity contribution in [2.75, 3.05) is 0 Å². The molecular weight excluding hydrogens is 226 g/mol. The van der Waals surface area contributed by atoms with Gasteiger partial charge in [0.25, 0.3) is 0 Å². The number of fused-ring (bicyclic) bond motifs is 1. The predicted molar refractivity (Wildman–Crippen MR) is 67.0 cm³/mol. The van der Waals surface area contributed by atoms with Crippen LogP contribution >= 0.6 is 0 Å². The molecule has 0 spiro atoms. The summed E-state index contributed by atoms with van der Waals surface area (Å²) in [6, 6.07) is 1.95. The van der Waals surface area contributed by atoms with Gasteiger partial charge in [0.2, 0.25) is 0 Å². The summed E-state index contributed by atoms with van der Waals surface area (Å²) in [6.45, 7) is 3.74. The molecule has 0 amide bonds. The first-order valence-electron chi connectivity index (χ1n) is 6.48. The van der Waals surface area contributed by atoms with E-state index in [0.717, 1.165) is 30.2 Å². The van der Waals surface area contributed by atoms with Gasteiger partial charge in [0.1, 0.15) is 5.76 Å². The molecule has 0 unspecified atom stereocenters. The quantitative estimate of drug-likeness (QED) is 0.877. The minimum atomic E-state index is 0.660. The van der Waals surface area contributed by atoms with Gasteiger partial charge in [-0.1, -0.05) is 0 Å². The molecule has 2 aromatic rings. The van der Waals surface area contributed by atoms with Crippen LogP contribution in [0.1, 0.15) is 41.5 Å². The summed E-state index contributed by atoms with van der Waals surface area (Å²) in [4.78, 5) is 9.49. The zero-order valence-corrected chi connectivity index (χ0v) is 10.4. The van der Waals surface area contributed by atoms with E-state index in [1.54, 1.807) is 6.26 Å². The second-order valence-corrected chi connectivity index (χ2v) is 5.13. The largest absolute Gasteiger partial charge is 0.469 e. The van der Waals surface area contributed by atoms with Gasteiger partial charge in [0.05, 0.1) is 23.2 Å². The smallest absolute Gasteiger partial charge is 0.163 e. The minimum absolute atomic E-state index is 0.660. The molecule has 1 aliphatic carbocycles. The van der Waals surface area contributed by atoms with Crippen LogP contribution in [0.5, 0.6) is 0 Å². The molecule has 0 radical (unpaired) electrons. The monoisotopic (exact) mass is 241 g/mol. The number of hydrogen-bond donors (Lipinski definition) is 1. The van der Waals surface area contributed by atoms with Gasteiger partial charge in [-0.15, -0.1) is 0 Å². The van der Waals surface area contributed by atoms with Crippen molar-refractivity contribution in [3.8, 4) is 11.4 Å². The summed E-state index contributed by atoms with van der Waals surface area (Å²) in [5.74, 6) is 2.38. The Balaban J connectivity index is 1.90. The van der Waals surface area contributed by atoms with Crippen LogP contribution in [-0.4, -0.2) is 9.97 Å². The molecule has 4 heteroatoms. The third-order valence-electron chi connectivity index (χ3n) is 3.78. The maximum atomic E-state index is 5.36. The van der Waals surface area contributed by atoms with Gasteiger partial charge in [-0.05, 0) is 25.8 Å². The number of rotatable bonds is 2. The summed E-state index contributed by atoms with van der Waals surface area (Å²) < 4.78 is 5.36. The van der Waals surface area contributed by atoms with Crippen LogP contribution < -0.4 is 5.32 Å². The van der Waals surface area contributed by atoms with Gasteiger partial charge in [-0.3, -0.25) is 0 Å². The van der Waals surface area contributed by atoms with E-state index in [0.29, 0.717) is 5.92 Å². The first kappa shape index (κ1) is 10.3. The molecule has 3 heterocycles. The van der Waals surface area contributed by atoms with E-state index >= 15 is 0 Å². The van der Waals surface area contributed by atoms with E-state index in [4.69, 9.17) is 14.4 Å². The average molecular weight is 241 g/mol. The van der Waals surface area contributed by atoms with Crippen molar-refractivity contribution in [3.63, 3.8) is 0 Å². The molecule has 0 bridgehead atoms. The Bertz CT molecular complexity index is 613. The van der Waals surface area contributed by atoms with Crippen LogP contribution in [-0.2, 0) is 13.1 Å². The first-order chi connectivity index (χ1) is 8.83. The first-order valence-corrected chi connectivity index (χ1v) is 6.48. The minimum Gasteiger partial charge on any atom is -0.469 e. The highest BCUT2D eigenvalue weighted by Gasteiger charge is 2.31. The number of aryl methyl sites for hydroxylation is 1. The number of furan rings is 1. The molecule has 1 saturated carbocycles. The van der Waals surface area contributed by atoms with Gasteiger partial charge in [-0.2, -0.15) is 0 Å². The van der Waals surface area contributed by atoms with E-state index in [2.05, 4.69) is 5.32 Å². The van der Waals surface area contributed by atoms with Gasteiger partial charge in [-0.25, -0.2) is 9.97 Å². The SMILES string of the molecule is Cc1occc1-c1nc2c(c(C3CC3)n1)CNC2. The molecule has 0 aromatic carbocycles. The lowest BCUT2D eigenvalue weighted by Gasteiger charge is -2.08. The average Bonchev–Trinajstić information content (AvgIpc) is 2.95. The van der Waals surface area contributed by atoms with Crippen molar-refractivity contribution in [1.29, 1.82) is 0 Å². The number of nitrogens with one attached hydrogen (secondary N) is 1. The maximum Gasteiger partial charge on any atom is 0.163 e. The molecule has 1 N–H and O–H groups in total. The molecule has 2 aromatic heterocycles. The zero-order valence-electron chi connectivity index (χ0n) is 10.4. The lowest BCUT2D eigenvalue weighted by molar-refractivity contribution is 0.535. The summed E-state index contributed by atoms with van der Waals surface area (Å²) in [5.41, 5.74) is 4.79. The van der Waals surface area contributed by atoms with Crippen molar-refractivity contribution in [1.82, 2.24) is 15.3 Å².